The van der Waals surface area contributed by atoms with Crippen LogP contribution in [0.3, 0.4) is 0 Å². The van der Waals surface area contributed by atoms with Crippen molar-refractivity contribution in [2.45, 2.75) is 44.4 Å². The molecule has 0 aliphatic rings. The molecule has 2 rings (SSSR count). The van der Waals surface area contributed by atoms with Crippen molar-refractivity contribution < 1.29 is 32.0 Å². The highest BCUT2D eigenvalue weighted by Crippen LogP contribution is 2.31. The second-order valence-electron chi connectivity index (χ2n) is 7.01. The Balaban J connectivity index is 1.95. The van der Waals surface area contributed by atoms with Crippen molar-refractivity contribution in [2.75, 3.05) is 6.61 Å². The highest BCUT2D eigenvalue weighted by Gasteiger charge is 2.21. The van der Waals surface area contributed by atoms with Crippen LogP contribution >= 0.6 is 22.6 Å². The normalized spacial score (nSPS) is 11.4. The van der Waals surface area contributed by atoms with Gasteiger partial charge in [0.05, 0.1) is 17.1 Å². The molecule has 0 radical (unpaired) electrons. The smallest absolute Gasteiger partial charge is 0.338 e. The molecule has 2 aromatic rings. The second-order valence-corrected chi connectivity index (χ2v) is 9.64. The summed E-state index contributed by atoms with van der Waals surface area (Å²) in [5.41, 5.74) is 1.21. The monoisotopic (exact) mass is 546 g/mol. The summed E-state index contributed by atoms with van der Waals surface area (Å²) in [6.45, 7) is 5.20. The largest absolute Gasteiger partial charge is 0.462 e. The number of esters is 2. The van der Waals surface area contributed by atoms with E-state index in [2.05, 4.69) is 22.6 Å². The minimum atomic E-state index is -4.39. The third-order valence-electron chi connectivity index (χ3n) is 4.25. The molecule has 30 heavy (non-hydrogen) atoms. The summed E-state index contributed by atoms with van der Waals surface area (Å²) in [6, 6.07) is 9.74. The molecule has 0 aliphatic heterocycles. The fourth-order valence-corrected chi connectivity index (χ4v) is 4.18. The number of aryl methyl sites for hydroxylation is 1. The van der Waals surface area contributed by atoms with Gasteiger partial charge in [-0.25, -0.2) is 4.79 Å². The molecule has 0 amide bonds. The van der Waals surface area contributed by atoms with Crippen molar-refractivity contribution >= 4 is 44.6 Å². The topological polar surface area (TPSA) is 107 Å². The first-order chi connectivity index (χ1) is 14.0. The van der Waals surface area contributed by atoms with Crippen LogP contribution in [0.2, 0.25) is 0 Å². The van der Waals surface area contributed by atoms with Crippen molar-refractivity contribution in [1.29, 1.82) is 0 Å². The zero-order valence-corrected chi connectivity index (χ0v) is 19.8. The standard InChI is InChI=1S/C21H23IO7S/c1-13(2)17-12-18(14(3)10-19(17)30(25,26)27)29-20(23)8-5-9-28-21(24)15-6-4-7-16(22)11-15/h4,6-7,10-13H,5,8-9H2,1-3H3,(H,25,26,27). The Hall–Kier alpha value is -1.98. The molecular weight excluding hydrogens is 523 g/mol. The Morgan fingerprint density at radius 1 is 1.17 bits per heavy atom. The van der Waals surface area contributed by atoms with Crippen molar-refractivity contribution in [1.82, 2.24) is 0 Å². The van der Waals surface area contributed by atoms with Gasteiger partial charge in [0.15, 0.2) is 0 Å². The zero-order valence-electron chi connectivity index (χ0n) is 16.8. The van der Waals surface area contributed by atoms with E-state index in [-0.39, 0.29) is 36.0 Å². The maximum absolute atomic E-state index is 12.2. The SMILES string of the molecule is Cc1cc(S(=O)(=O)O)c(C(C)C)cc1OC(=O)CCCOC(=O)c1cccc(I)c1. The van der Waals surface area contributed by atoms with Gasteiger partial charge in [0, 0.05) is 9.99 Å². The lowest BCUT2D eigenvalue weighted by Gasteiger charge is -2.15. The van der Waals surface area contributed by atoms with Gasteiger partial charge in [-0.15, -0.1) is 0 Å². The summed E-state index contributed by atoms with van der Waals surface area (Å²) in [5, 5.41) is 0. The number of rotatable bonds is 8. The summed E-state index contributed by atoms with van der Waals surface area (Å²) >= 11 is 2.10. The van der Waals surface area contributed by atoms with E-state index in [9.17, 15) is 22.6 Å². The van der Waals surface area contributed by atoms with Crippen LogP contribution in [0.1, 0.15) is 54.1 Å². The lowest BCUT2D eigenvalue weighted by Crippen LogP contribution is -2.13. The predicted octanol–water partition coefficient (Wildman–Crippen LogP) is 4.51. The summed E-state index contributed by atoms with van der Waals surface area (Å²) in [5.74, 6) is -0.967. The maximum Gasteiger partial charge on any atom is 0.338 e. The molecule has 0 heterocycles. The van der Waals surface area contributed by atoms with Crippen LogP contribution in [0, 0.1) is 10.5 Å². The minimum absolute atomic E-state index is 0.0239. The van der Waals surface area contributed by atoms with Crippen LogP contribution in [0.4, 0.5) is 0 Å². The van der Waals surface area contributed by atoms with Crippen LogP contribution < -0.4 is 4.74 Å². The van der Waals surface area contributed by atoms with Crippen molar-refractivity contribution in [3.8, 4) is 5.75 Å². The molecule has 0 bridgehead atoms. The molecule has 0 spiro atoms. The van der Waals surface area contributed by atoms with Gasteiger partial charge in [0.1, 0.15) is 5.75 Å². The van der Waals surface area contributed by atoms with Crippen LogP contribution in [0.15, 0.2) is 41.3 Å². The van der Waals surface area contributed by atoms with Crippen LogP contribution in [0.5, 0.6) is 5.75 Å². The Labute approximate surface area is 189 Å². The summed E-state index contributed by atoms with van der Waals surface area (Å²) in [7, 11) is -4.39. The Morgan fingerprint density at radius 3 is 2.47 bits per heavy atom. The van der Waals surface area contributed by atoms with Crippen LogP contribution in [0.25, 0.3) is 0 Å². The van der Waals surface area contributed by atoms with E-state index < -0.39 is 22.1 Å². The van der Waals surface area contributed by atoms with Gasteiger partial charge in [0.25, 0.3) is 10.1 Å². The summed E-state index contributed by atoms with van der Waals surface area (Å²) in [4.78, 5) is 23.9. The van der Waals surface area contributed by atoms with Gasteiger partial charge in [0.2, 0.25) is 0 Å². The molecule has 0 saturated carbocycles. The molecule has 0 fully saturated rings. The molecular formula is C21H23IO7S. The highest BCUT2D eigenvalue weighted by molar-refractivity contribution is 14.1. The average molecular weight is 546 g/mol. The van der Waals surface area contributed by atoms with Gasteiger partial charge in [-0.2, -0.15) is 8.42 Å². The van der Waals surface area contributed by atoms with E-state index in [1.807, 2.05) is 6.07 Å². The second kappa shape index (κ2) is 10.4. The Morgan fingerprint density at radius 2 is 1.87 bits per heavy atom. The number of hydrogen-bond donors (Lipinski definition) is 1. The first-order valence-electron chi connectivity index (χ1n) is 9.24. The molecule has 162 valence electrons. The van der Waals surface area contributed by atoms with E-state index >= 15 is 0 Å². The lowest BCUT2D eigenvalue weighted by molar-refractivity contribution is -0.134. The van der Waals surface area contributed by atoms with Crippen molar-refractivity contribution in [3.63, 3.8) is 0 Å². The van der Waals surface area contributed by atoms with E-state index in [4.69, 9.17) is 9.47 Å². The molecule has 1 N–H and O–H groups in total. The molecule has 0 aliphatic carbocycles. The average Bonchev–Trinajstić information content (AvgIpc) is 2.65. The first kappa shape index (κ1) is 24.3. The third-order valence-corrected chi connectivity index (χ3v) is 5.83. The third kappa shape index (κ3) is 6.78. The number of carbonyl (C=O) groups is 2. The highest BCUT2D eigenvalue weighted by atomic mass is 127. The van der Waals surface area contributed by atoms with Crippen LogP contribution in [-0.2, 0) is 19.6 Å². The minimum Gasteiger partial charge on any atom is -0.462 e. The molecule has 0 unspecified atom stereocenters. The molecule has 0 atom stereocenters. The van der Waals surface area contributed by atoms with Crippen LogP contribution in [-0.4, -0.2) is 31.5 Å². The zero-order chi connectivity index (χ0) is 22.5. The molecule has 0 saturated heterocycles. The number of ether oxygens (including phenoxy) is 2. The number of carbonyl (C=O) groups excluding carboxylic acids is 2. The predicted molar refractivity (Wildman–Crippen MR) is 119 cm³/mol. The molecule has 2 aromatic carbocycles. The van der Waals surface area contributed by atoms with Gasteiger partial charge in [-0.3, -0.25) is 9.35 Å². The first-order valence-corrected chi connectivity index (χ1v) is 11.8. The van der Waals surface area contributed by atoms with Gasteiger partial charge < -0.3 is 9.47 Å². The number of benzene rings is 2. The molecule has 7 nitrogen and oxygen atoms in total. The summed E-state index contributed by atoms with van der Waals surface area (Å²) < 4.78 is 44.1. The maximum atomic E-state index is 12.2. The van der Waals surface area contributed by atoms with Crippen molar-refractivity contribution in [3.05, 3.63) is 56.7 Å². The van der Waals surface area contributed by atoms with E-state index in [0.29, 0.717) is 16.7 Å². The Kier molecular flexibility index (Phi) is 8.39. The Bertz CT molecular complexity index is 1050. The fraction of sp³-hybridized carbons (Fsp3) is 0.333. The quantitative estimate of drug-likeness (QED) is 0.171. The summed E-state index contributed by atoms with van der Waals surface area (Å²) in [6.07, 6.45) is 0.309. The lowest BCUT2D eigenvalue weighted by atomic mass is 10.0. The van der Waals surface area contributed by atoms with E-state index in [1.165, 1.54) is 12.1 Å². The molecule has 9 heteroatoms. The van der Waals surface area contributed by atoms with Gasteiger partial charge in [-0.05, 0) is 83.3 Å². The van der Waals surface area contributed by atoms with Gasteiger partial charge >= 0.3 is 11.9 Å². The van der Waals surface area contributed by atoms with E-state index in [1.54, 1.807) is 39.0 Å². The fourth-order valence-electron chi connectivity index (χ4n) is 2.72. The van der Waals surface area contributed by atoms with Crippen molar-refractivity contribution in [2.24, 2.45) is 0 Å². The number of hydrogen-bond acceptors (Lipinski definition) is 6. The van der Waals surface area contributed by atoms with Gasteiger partial charge in [-0.1, -0.05) is 19.9 Å². The number of halogens is 1. The molecule has 0 aromatic heterocycles. The van der Waals surface area contributed by atoms with E-state index in [0.717, 1.165) is 3.57 Å².